The molecule has 3 aliphatic rings. The highest BCUT2D eigenvalue weighted by Gasteiger charge is 2.42. The van der Waals surface area contributed by atoms with Gasteiger partial charge in [0.1, 0.15) is 0 Å². The Morgan fingerprint density at radius 2 is 1.85 bits per heavy atom. The van der Waals surface area contributed by atoms with Crippen LogP contribution in [0.25, 0.3) is 0 Å². The second kappa shape index (κ2) is 7.99. The fourth-order valence-corrected chi connectivity index (χ4v) is 4.21. The molecule has 0 unspecified atom stereocenters. The van der Waals surface area contributed by atoms with Crippen LogP contribution < -0.4 is 10.6 Å². The molecule has 0 aromatic heterocycles. The molecule has 2 aliphatic carbocycles. The number of piperidine rings is 1. The predicted molar refractivity (Wildman–Crippen MR) is 109 cm³/mol. The van der Waals surface area contributed by atoms with Gasteiger partial charge in [0.2, 0.25) is 0 Å². The minimum atomic E-state index is 0.402. The second-order valence-electron chi connectivity index (χ2n) is 8.54. The largest absolute Gasteiger partial charge is 0.357 e. The number of nitrogens with zero attached hydrogens (tertiary/aromatic N) is 2. The summed E-state index contributed by atoms with van der Waals surface area (Å²) in [5.41, 5.74) is 1.85. The van der Waals surface area contributed by atoms with Crippen LogP contribution in [0.3, 0.4) is 0 Å². The Bertz CT molecular complexity index is 596. The lowest BCUT2D eigenvalue weighted by atomic mass is 9.97. The molecule has 1 aromatic carbocycles. The first kappa shape index (κ1) is 17.8. The van der Waals surface area contributed by atoms with Gasteiger partial charge in [-0.2, -0.15) is 0 Å². The summed E-state index contributed by atoms with van der Waals surface area (Å²) in [5, 5.41) is 7.18. The molecule has 0 spiro atoms. The Morgan fingerprint density at radius 1 is 1.12 bits per heavy atom. The maximum atomic E-state index is 4.99. The molecular formula is C22H34N4. The van der Waals surface area contributed by atoms with Crippen molar-refractivity contribution in [1.29, 1.82) is 0 Å². The Balaban J connectivity index is 1.29. The summed E-state index contributed by atoms with van der Waals surface area (Å²) < 4.78 is 0. The number of benzene rings is 1. The number of nitrogens with one attached hydrogen (secondary N) is 2. The van der Waals surface area contributed by atoms with E-state index in [1.807, 2.05) is 0 Å². The van der Waals surface area contributed by atoms with Gasteiger partial charge < -0.3 is 15.5 Å². The number of hydrogen-bond donors (Lipinski definition) is 2. The van der Waals surface area contributed by atoms with E-state index >= 15 is 0 Å². The first-order valence-corrected chi connectivity index (χ1v) is 10.6. The third kappa shape index (κ3) is 4.79. The lowest BCUT2D eigenvalue weighted by molar-refractivity contribution is 0.197. The maximum absolute atomic E-state index is 4.99. The van der Waals surface area contributed by atoms with Crippen molar-refractivity contribution in [3.63, 3.8) is 0 Å². The highest BCUT2D eigenvalue weighted by Crippen LogP contribution is 2.48. The van der Waals surface area contributed by atoms with Crippen molar-refractivity contribution < 1.29 is 0 Å². The zero-order valence-electron chi connectivity index (χ0n) is 16.2. The van der Waals surface area contributed by atoms with Crippen LogP contribution in [0, 0.1) is 5.41 Å². The van der Waals surface area contributed by atoms with Crippen molar-refractivity contribution in [2.45, 2.75) is 64.0 Å². The number of rotatable bonds is 7. The van der Waals surface area contributed by atoms with Crippen molar-refractivity contribution in [1.82, 2.24) is 15.5 Å². The van der Waals surface area contributed by atoms with Crippen LogP contribution >= 0.6 is 0 Å². The highest BCUT2D eigenvalue weighted by molar-refractivity contribution is 5.80. The first-order valence-electron chi connectivity index (χ1n) is 10.6. The Hall–Kier alpha value is -1.55. The standard InChI is InChI=1S/C22H34N4/c1-2-23-21(25-19-10-14-26(15-11-19)20-8-9-20)24-17-22(12-13-22)16-18-6-4-3-5-7-18/h3-7,19-20H,2,8-17H2,1H3,(H2,23,24,25). The van der Waals surface area contributed by atoms with E-state index in [2.05, 4.69) is 52.8 Å². The van der Waals surface area contributed by atoms with E-state index in [0.29, 0.717) is 11.5 Å². The van der Waals surface area contributed by atoms with Crippen molar-refractivity contribution in [3.8, 4) is 0 Å². The Labute approximate surface area is 158 Å². The molecule has 3 fully saturated rings. The zero-order valence-corrected chi connectivity index (χ0v) is 16.2. The molecule has 1 saturated heterocycles. The summed E-state index contributed by atoms with van der Waals surface area (Å²) in [4.78, 5) is 7.67. The molecule has 4 rings (SSSR count). The molecule has 1 heterocycles. The van der Waals surface area contributed by atoms with Crippen LogP contribution in [-0.4, -0.2) is 49.1 Å². The van der Waals surface area contributed by atoms with E-state index in [9.17, 15) is 0 Å². The van der Waals surface area contributed by atoms with Gasteiger partial charge >= 0.3 is 0 Å². The summed E-state index contributed by atoms with van der Waals surface area (Å²) in [6.07, 6.45) is 9.12. The van der Waals surface area contributed by atoms with Gasteiger partial charge in [0.15, 0.2) is 5.96 Å². The third-order valence-corrected chi connectivity index (χ3v) is 6.23. The molecule has 2 saturated carbocycles. The lowest BCUT2D eigenvalue weighted by Gasteiger charge is -2.33. The molecule has 4 nitrogen and oxygen atoms in total. The Kier molecular flexibility index (Phi) is 5.49. The van der Waals surface area contributed by atoms with E-state index in [1.165, 1.54) is 57.2 Å². The molecule has 1 aromatic rings. The van der Waals surface area contributed by atoms with Gasteiger partial charge in [-0.1, -0.05) is 30.3 Å². The topological polar surface area (TPSA) is 39.7 Å². The van der Waals surface area contributed by atoms with Crippen LogP contribution in [-0.2, 0) is 6.42 Å². The molecule has 2 N–H and O–H groups in total. The molecule has 0 bridgehead atoms. The number of guanidine groups is 1. The zero-order chi connectivity index (χ0) is 17.8. The SMILES string of the molecule is CCNC(=NCC1(Cc2ccccc2)CC1)NC1CCN(C2CC2)CC1. The van der Waals surface area contributed by atoms with Crippen molar-refractivity contribution in [3.05, 3.63) is 35.9 Å². The maximum Gasteiger partial charge on any atom is 0.191 e. The van der Waals surface area contributed by atoms with Crippen molar-refractivity contribution in [2.24, 2.45) is 10.4 Å². The monoisotopic (exact) mass is 354 g/mol. The quantitative estimate of drug-likeness (QED) is 0.583. The van der Waals surface area contributed by atoms with Gasteiger partial charge in [0.05, 0.1) is 0 Å². The van der Waals surface area contributed by atoms with E-state index < -0.39 is 0 Å². The normalized spacial score (nSPS) is 23.7. The van der Waals surface area contributed by atoms with E-state index in [4.69, 9.17) is 4.99 Å². The van der Waals surface area contributed by atoms with Crippen LogP contribution in [0.1, 0.15) is 51.0 Å². The molecule has 26 heavy (non-hydrogen) atoms. The van der Waals surface area contributed by atoms with Crippen LogP contribution in [0.15, 0.2) is 35.3 Å². The third-order valence-electron chi connectivity index (χ3n) is 6.23. The van der Waals surface area contributed by atoms with Gasteiger partial charge in [-0.05, 0) is 62.8 Å². The molecular weight excluding hydrogens is 320 g/mol. The summed E-state index contributed by atoms with van der Waals surface area (Å²) in [7, 11) is 0. The lowest BCUT2D eigenvalue weighted by Crippen LogP contribution is -2.49. The molecule has 1 aliphatic heterocycles. The van der Waals surface area contributed by atoms with Gasteiger partial charge in [0, 0.05) is 38.3 Å². The molecule has 0 atom stereocenters. The van der Waals surface area contributed by atoms with E-state index in [-0.39, 0.29) is 0 Å². The average Bonchev–Trinajstić information content (AvgIpc) is 3.58. The molecule has 4 heteroatoms. The smallest absolute Gasteiger partial charge is 0.191 e. The van der Waals surface area contributed by atoms with Gasteiger partial charge in [-0.25, -0.2) is 0 Å². The fourth-order valence-electron chi connectivity index (χ4n) is 4.21. The van der Waals surface area contributed by atoms with Gasteiger partial charge in [-0.15, -0.1) is 0 Å². The minimum absolute atomic E-state index is 0.402. The van der Waals surface area contributed by atoms with Gasteiger partial charge in [-0.3, -0.25) is 4.99 Å². The van der Waals surface area contributed by atoms with E-state index in [1.54, 1.807) is 0 Å². The second-order valence-corrected chi connectivity index (χ2v) is 8.54. The Morgan fingerprint density at radius 3 is 2.46 bits per heavy atom. The van der Waals surface area contributed by atoms with Crippen LogP contribution in [0.5, 0.6) is 0 Å². The number of hydrogen-bond acceptors (Lipinski definition) is 2. The van der Waals surface area contributed by atoms with Gasteiger partial charge in [0.25, 0.3) is 0 Å². The molecule has 0 radical (unpaired) electrons. The van der Waals surface area contributed by atoms with Crippen LogP contribution in [0.4, 0.5) is 0 Å². The number of aliphatic imine (C=N–C) groups is 1. The highest BCUT2D eigenvalue weighted by atomic mass is 15.2. The summed E-state index contributed by atoms with van der Waals surface area (Å²) in [5.74, 6) is 1.02. The average molecular weight is 355 g/mol. The fraction of sp³-hybridized carbons (Fsp3) is 0.682. The summed E-state index contributed by atoms with van der Waals surface area (Å²) in [6.45, 7) is 6.53. The predicted octanol–water partition coefficient (Wildman–Crippen LogP) is 3.19. The summed E-state index contributed by atoms with van der Waals surface area (Å²) >= 11 is 0. The van der Waals surface area contributed by atoms with Crippen molar-refractivity contribution in [2.75, 3.05) is 26.2 Å². The van der Waals surface area contributed by atoms with Crippen molar-refractivity contribution >= 4 is 5.96 Å². The molecule has 0 amide bonds. The first-order chi connectivity index (χ1) is 12.8. The van der Waals surface area contributed by atoms with Crippen LogP contribution in [0.2, 0.25) is 0 Å². The van der Waals surface area contributed by atoms with E-state index in [0.717, 1.165) is 31.5 Å². The number of likely N-dealkylation sites (tertiary alicyclic amines) is 1. The molecule has 142 valence electrons. The minimum Gasteiger partial charge on any atom is -0.357 e. The summed E-state index contributed by atoms with van der Waals surface area (Å²) in [6, 6.07) is 12.4.